The molecule has 1 unspecified atom stereocenters. The van der Waals surface area contributed by atoms with Crippen LogP contribution in [0.5, 0.6) is 5.75 Å². The molecule has 1 aromatic heterocycles. The van der Waals surface area contributed by atoms with Gasteiger partial charge < -0.3 is 51.9 Å². The predicted molar refractivity (Wildman–Crippen MR) is 273 cm³/mol. The summed E-state index contributed by atoms with van der Waals surface area (Å²) in [4.78, 5) is 67.8. The number of unbranched alkanes of at least 4 members (excludes halogenated alkanes) is 2. The summed E-state index contributed by atoms with van der Waals surface area (Å²) >= 11 is 0. The first-order valence-electron chi connectivity index (χ1n) is 24.2. The molecule has 3 aromatic carbocycles. The molecule has 386 valence electrons. The number of rotatable bonds is 33. The number of carbonyl (C=O) groups excluding carboxylic acids is 5. The summed E-state index contributed by atoms with van der Waals surface area (Å²) in [6.07, 6.45) is 7.91. The van der Waals surface area contributed by atoms with Gasteiger partial charge in [-0.3, -0.25) is 24.0 Å². The molecule has 0 radical (unpaired) electrons. The second-order valence-electron chi connectivity index (χ2n) is 19.3. The number of nitrogens with one attached hydrogen (secondary N) is 6. The van der Waals surface area contributed by atoms with E-state index in [4.69, 9.17) is 20.0 Å². The minimum absolute atomic E-state index is 0.101. The lowest BCUT2D eigenvalue weighted by Crippen LogP contribution is -2.40. The van der Waals surface area contributed by atoms with Crippen molar-refractivity contribution < 1.29 is 38.3 Å². The molecule has 0 saturated carbocycles. The van der Waals surface area contributed by atoms with Crippen molar-refractivity contribution >= 4 is 35.8 Å². The van der Waals surface area contributed by atoms with Gasteiger partial charge in [0.25, 0.3) is 23.6 Å². The van der Waals surface area contributed by atoms with Gasteiger partial charge in [-0.05, 0) is 107 Å². The summed E-state index contributed by atoms with van der Waals surface area (Å²) in [5.74, 6) is -0.883. The number of aromatic nitrogens is 3. The van der Waals surface area contributed by atoms with E-state index in [1.54, 1.807) is 66.5 Å². The van der Waals surface area contributed by atoms with E-state index < -0.39 is 16.7 Å². The van der Waals surface area contributed by atoms with Crippen molar-refractivity contribution in [3.05, 3.63) is 113 Å². The van der Waals surface area contributed by atoms with Crippen molar-refractivity contribution in [3.63, 3.8) is 0 Å². The highest BCUT2D eigenvalue weighted by Crippen LogP contribution is 2.20. The van der Waals surface area contributed by atoms with E-state index in [1.807, 2.05) is 59.0 Å². The van der Waals surface area contributed by atoms with Gasteiger partial charge in [0.1, 0.15) is 30.9 Å². The number of hydrogen-bond donors (Lipinski definition) is 7. The standard InChI is InChI=1S/C52H75N11O8/c1-37(54-6)15-8-10-23-56-49(67)41-19-13-17-39(26-41)31-71-60-28-46(64)58-33-51(2,3)35-69-36-52(4,5)34-59-50(68)42-20-14-21-44(27-42)70-32-43-30-63(62-61-43)29-38-16-12-18-40(25-38)48(66)57-24-11-9-22-45(55-7)47(53)65/h12-14,16-21,25-28,30,37,45,54-55H,8-11,15,22-24,29,31-36H2,1-7H3,(H2,53,65)(H,56,67)(H,57,66)(H,58,64)(H,59,68)/b60-28+/t37?,45-/m0/s1. The molecule has 0 aliphatic carbocycles. The van der Waals surface area contributed by atoms with Gasteiger partial charge in [0, 0.05) is 59.7 Å². The number of nitrogens with two attached hydrogens (primary N) is 1. The molecule has 19 heteroatoms. The number of carbonyl (C=O) groups is 5. The zero-order valence-electron chi connectivity index (χ0n) is 42.5. The lowest BCUT2D eigenvalue weighted by molar-refractivity contribution is -0.120. The molecule has 4 aromatic rings. The molecule has 8 N–H and O–H groups in total. The number of oxime groups is 1. The molecular weight excluding hydrogens is 907 g/mol. The van der Waals surface area contributed by atoms with Gasteiger partial charge in [-0.25, -0.2) is 4.68 Å². The predicted octanol–water partition coefficient (Wildman–Crippen LogP) is 4.50. The maximum Gasteiger partial charge on any atom is 0.265 e. The Morgan fingerprint density at radius 3 is 1.93 bits per heavy atom. The lowest BCUT2D eigenvalue weighted by atomic mass is 9.93. The summed E-state index contributed by atoms with van der Waals surface area (Å²) in [6, 6.07) is 21.4. The number of likely N-dealkylation sites (N-methyl/N-ethyl adjacent to an activating group) is 1. The first kappa shape index (κ1) is 56.9. The summed E-state index contributed by atoms with van der Waals surface area (Å²) in [5.41, 5.74) is 8.29. The monoisotopic (exact) mass is 982 g/mol. The van der Waals surface area contributed by atoms with Crippen molar-refractivity contribution in [1.29, 1.82) is 0 Å². The Morgan fingerprint density at radius 1 is 0.718 bits per heavy atom. The number of benzene rings is 3. The van der Waals surface area contributed by atoms with Crippen molar-refractivity contribution in [2.24, 2.45) is 21.7 Å². The van der Waals surface area contributed by atoms with E-state index in [0.29, 0.717) is 86.5 Å². The maximum atomic E-state index is 13.2. The maximum absolute atomic E-state index is 13.2. The number of hydrogen-bond acceptors (Lipinski definition) is 13. The highest BCUT2D eigenvalue weighted by atomic mass is 16.6. The van der Waals surface area contributed by atoms with Crippen LogP contribution in [0.3, 0.4) is 0 Å². The number of nitrogens with zero attached hydrogens (tertiary/aromatic N) is 4. The Bertz CT molecular complexity index is 2350. The van der Waals surface area contributed by atoms with Crippen LogP contribution in [0.25, 0.3) is 0 Å². The highest BCUT2D eigenvalue weighted by Gasteiger charge is 2.24. The first-order valence-corrected chi connectivity index (χ1v) is 24.2. The number of ether oxygens (including phenoxy) is 2. The highest BCUT2D eigenvalue weighted by molar-refractivity contribution is 6.26. The van der Waals surface area contributed by atoms with Gasteiger partial charge in [0.2, 0.25) is 5.91 Å². The SMILES string of the molecule is CNC(C)CCCCNC(=O)c1cccc(CO/N=C/C(=O)NCC(C)(C)COCC(C)(C)CNC(=O)c2cccc(OCc3cn(Cc4cccc(C(=O)NCCCC[C@H](NC)C(N)=O)c4)nn3)c2)c1. The largest absolute Gasteiger partial charge is 0.487 e. The molecule has 0 saturated heterocycles. The van der Waals surface area contributed by atoms with Crippen LogP contribution in [0.15, 0.2) is 84.1 Å². The van der Waals surface area contributed by atoms with Crippen LogP contribution in [-0.2, 0) is 38.9 Å². The van der Waals surface area contributed by atoms with Crippen LogP contribution in [0.2, 0.25) is 0 Å². The average Bonchev–Trinajstić information content (AvgIpc) is 3.80. The fourth-order valence-corrected chi connectivity index (χ4v) is 7.09. The van der Waals surface area contributed by atoms with E-state index in [2.05, 4.69) is 54.3 Å². The third-order valence-corrected chi connectivity index (χ3v) is 11.5. The molecule has 0 aliphatic heterocycles. The summed E-state index contributed by atoms with van der Waals surface area (Å²) in [5, 5.41) is 30.1. The Kier molecular flexibility index (Phi) is 23.6. The van der Waals surface area contributed by atoms with Gasteiger partial charge in [0.05, 0.1) is 32.0 Å². The number of primary amides is 1. The molecule has 0 fully saturated rings. The van der Waals surface area contributed by atoms with Gasteiger partial charge in [0.15, 0.2) is 0 Å². The first-order chi connectivity index (χ1) is 34.0. The summed E-state index contributed by atoms with van der Waals surface area (Å²) in [6.45, 7) is 13.2. The molecule has 0 bridgehead atoms. The Labute approximate surface area is 418 Å². The quantitative estimate of drug-likeness (QED) is 0.0198. The van der Waals surface area contributed by atoms with Gasteiger partial charge >= 0.3 is 0 Å². The third-order valence-electron chi connectivity index (χ3n) is 11.5. The molecule has 2 atom stereocenters. The van der Waals surface area contributed by atoms with Gasteiger partial charge in [-0.15, -0.1) is 5.10 Å². The average molecular weight is 982 g/mol. The molecule has 71 heavy (non-hydrogen) atoms. The van der Waals surface area contributed by atoms with Crippen molar-refractivity contribution in [2.75, 3.05) is 53.5 Å². The van der Waals surface area contributed by atoms with Gasteiger partial charge in [-0.2, -0.15) is 0 Å². The molecule has 1 heterocycles. The van der Waals surface area contributed by atoms with Crippen LogP contribution in [0.4, 0.5) is 0 Å². The third kappa shape index (κ3) is 21.9. The molecule has 5 amide bonds. The van der Waals surface area contributed by atoms with E-state index >= 15 is 0 Å². The molecular formula is C52H75N11O8. The van der Waals surface area contributed by atoms with Crippen molar-refractivity contribution in [3.8, 4) is 5.75 Å². The van der Waals surface area contributed by atoms with E-state index in [0.717, 1.165) is 49.4 Å². The second-order valence-corrected chi connectivity index (χ2v) is 19.3. The lowest BCUT2D eigenvalue weighted by Gasteiger charge is -2.29. The molecule has 19 nitrogen and oxygen atoms in total. The smallest absolute Gasteiger partial charge is 0.265 e. The minimum Gasteiger partial charge on any atom is -0.487 e. The van der Waals surface area contributed by atoms with E-state index in [1.165, 1.54) is 0 Å². The normalized spacial score (nSPS) is 12.5. The van der Waals surface area contributed by atoms with Crippen molar-refractivity contribution in [2.45, 2.75) is 105 Å². The Balaban J connectivity index is 1.11. The molecule has 0 aliphatic rings. The van der Waals surface area contributed by atoms with Crippen LogP contribution in [-0.4, -0.2) is 116 Å². The van der Waals surface area contributed by atoms with Crippen LogP contribution in [0, 0.1) is 10.8 Å². The zero-order chi connectivity index (χ0) is 51.7. The van der Waals surface area contributed by atoms with Crippen LogP contribution < -0.4 is 42.4 Å². The summed E-state index contributed by atoms with van der Waals surface area (Å²) in [7, 11) is 3.64. The number of amides is 5. The van der Waals surface area contributed by atoms with E-state index in [9.17, 15) is 24.0 Å². The zero-order valence-corrected chi connectivity index (χ0v) is 42.5. The fraction of sp³-hybridized carbons (Fsp3) is 0.500. The fourth-order valence-electron chi connectivity index (χ4n) is 7.09. The minimum atomic E-state index is -0.411. The van der Waals surface area contributed by atoms with Crippen LogP contribution >= 0.6 is 0 Å². The molecule has 0 spiro atoms. The topological polar surface area (TPSA) is 254 Å². The Hall–Kier alpha value is -6.70. The Morgan fingerprint density at radius 2 is 1.30 bits per heavy atom. The summed E-state index contributed by atoms with van der Waals surface area (Å²) < 4.78 is 13.7. The van der Waals surface area contributed by atoms with Crippen molar-refractivity contribution in [1.82, 2.24) is 46.9 Å². The van der Waals surface area contributed by atoms with Gasteiger partial charge in [-0.1, -0.05) is 74.8 Å². The molecule has 4 rings (SSSR count). The van der Waals surface area contributed by atoms with E-state index in [-0.39, 0.29) is 42.9 Å². The second kappa shape index (κ2) is 29.5. The van der Waals surface area contributed by atoms with Crippen LogP contribution in [0.1, 0.15) is 121 Å².